The zero-order valence-electron chi connectivity index (χ0n) is 15.8. The molecule has 1 atom stereocenters. The second-order valence-corrected chi connectivity index (χ2v) is 7.23. The highest BCUT2D eigenvalue weighted by molar-refractivity contribution is 5.99. The molecule has 0 saturated heterocycles. The van der Waals surface area contributed by atoms with Gasteiger partial charge in [-0.1, -0.05) is 0 Å². The van der Waals surface area contributed by atoms with Crippen molar-refractivity contribution in [2.45, 2.75) is 19.0 Å². The van der Waals surface area contributed by atoms with Crippen LogP contribution in [-0.2, 0) is 6.54 Å². The molecule has 162 valence electrons. The molecule has 0 saturated carbocycles. The predicted molar refractivity (Wildman–Crippen MR) is 98.6 cm³/mol. The highest BCUT2D eigenvalue weighted by Gasteiger charge is 2.37. The summed E-state index contributed by atoms with van der Waals surface area (Å²) in [6.07, 6.45) is 2.12. The van der Waals surface area contributed by atoms with Crippen LogP contribution in [0.2, 0.25) is 0 Å². The minimum atomic E-state index is -1.23. The van der Waals surface area contributed by atoms with Crippen molar-refractivity contribution in [3.8, 4) is 5.75 Å². The SMILES string of the molecule is O=C(NCc1c(F)cc(F)cc1F)c1cn2c(c(O)c1=O)C(=O)N1CC=C(F)C[C@H]2C1. The molecule has 0 spiro atoms. The fraction of sp³-hybridized carbons (Fsp3) is 0.250. The van der Waals surface area contributed by atoms with Gasteiger partial charge in [0.25, 0.3) is 11.8 Å². The van der Waals surface area contributed by atoms with Gasteiger partial charge in [-0.15, -0.1) is 0 Å². The number of hydrogen-bond acceptors (Lipinski definition) is 4. The number of hydrogen-bond donors (Lipinski definition) is 2. The molecule has 0 aliphatic carbocycles. The first-order valence-corrected chi connectivity index (χ1v) is 9.21. The third kappa shape index (κ3) is 3.56. The largest absolute Gasteiger partial charge is 0.503 e. The fourth-order valence-corrected chi connectivity index (χ4v) is 3.70. The van der Waals surface area contributed by atoms with E-state index in [9.17, 15) is 37.1 Å². The monoisotopic (exact) mass is 437 g/mol. The van der Waals surface area contributed by atoms with Crippen molar-refractivity contribution in [2.24, 2.45) is 0 Å². The van der Waals surface area contributed by atoms with E-state index in [0.29, 0.717) is 12.1 Å². The molecular formula is C20H15F4N3O4. The van der Waals surface area contributed by atoms with Gasteiger partial charge >= 0.3 is 0 Å². The van der Waals surface area contributed by atoms with Gasteiger partial charge < -0.3 is 19.9 Å². The molecule has 1 aromatic carbocycles. The maximum atomic E-state index is 14.0. The molecule has 2 bridgehead atoms. The molecule has 0 radical (unpaired) electrons. The zero-order valence-corrected chi connectivity index (χ0v) is 15.8. The molecule has 1 aromatic heterocycles. The van der Waals surface area contributed by atoms with Crippen LogP contribution in [0.1, 0.15) is 38.9 Å². The Hall–Kier alpha value is -3.63. The van der Waals surface area contributed by atoms with Gasteiger partial charge in [0.15, 0.2) is 11.4 Å². The Morgan fingerprint density at radius 1 is 1.16 bits per heavy atom. The fourth-order valence-electron chi connectivity index (χ4n) is 3.70. The maximum Gasteiger partial charge on any atom is 0.274 e. The van der Waals surface area contributed by atoms with E-state index in [0.717, 1.165) is 6.20 Å². The molecule has 11 heteroatoms. The Labute approximate surface area is 172 Å². The third-order valence-electron chi connectivity index (χ3n) is 5.26. The molecule has 4 rings (SSSR count). The van der Waals surface area contributed by atoms with E-state index in [2.05, 4.69) is 5.32 Å². The average Bonchev–Trinajstić information content (AvgIpc) is 2.87. The summed E-state index contributed by atoms with van der Waals surface area (Å²) in [7, 11) is 0. The van der Waals surface area contributed by atoms with Crippen molar-refractivity contribution in [2.75, 3.05) is 13.1 Å². The zero-order chi connectivity index (χ0) is 22.4. The van der Waals surface area contributed by atoms with Crippen molar-refractivity contribution < 1.29 is 32.3 Å². The predicted octanol–water partition coefficient (Wildman–Crippen LogP) is 2.16. The topological polar surface area (TPSA) is 91.6 Å². The number of fused-ring (bicyclic) bond motifs is 4. The molecule has 0 fully saturated rings. The van der Waals surface area contributed by atoms with E-state index < -0.39 is 70.0 Å². The van der Waals surface area contributed by atoms with Gasteiger partial charge in [0.1, 0.15) is 23.0 Å². The number of halogens is 4. The van der Waals surface area contributed by atoms with Crippen LogP contribution in [0.3, 0.4) is 0 Å². The minimum absolute atomic E-state index is 0.0220. The highest BCUT2D eigenvalue weighted by Crippen LogP contribution is 2.32. The molecule has 31 heavy (non-hydrogen) atoms. The van der Waals surface area contributed by atoms with Crippen molar-refractivity contribution >= 4 is 11.8 Å². The van der Waals surface area contributed by atoms with Crippen LogP contribution in [-0.4, -0.2) is 39.5 Å². The summed E-state index contributed by atoms with van der Waals surface area (Å²) in [6, 6.07) is 0.210. The standard InChI is InChI=1S/C20H15F4N3O4/c21-9-1-2-26-7-11(3-9)27-8-13(17(28)18(29)16(27)20(26)31)19(30)25-6-12-14(23)4-10(22)5-15(12)24/h1,4-5,8,11,29H,2-3,6-7H2,(H,25,30)/t11-/m0/s1. The Kier molecular flexibility index (Phi) is 5.03. The number of carbonyl (C=O) groups excluding carboxylic acids is 2. The number of carbonyl (C=O) groups is 2. The van der Waals surface area contributed by atoms with Crippen LogP contribution in [0.5, 0.6) is 5.75 Å². The van der Waals surface area contributed by atoms with E-state index in [1.54, 1.807) is 0 Å². The number of aromatic nitrogens is 1. The van der Waals surface area contributed by atoms with E-state index in [1.807, 2.05) is 0 Å². The molecule has 0 unspecified atom stereocenters. The van der Waals surface area contributed by atoms with Crippen LogP contribution in [0, 0.1) is 17.5 Å². The summed E-state index contributed by atoms with van der Waals surface area (Å²) < 4.78 is 55.7. The lowest BCUT2D eigenvalue weighted by Crippen LogP contribution is -2.44. The van der Waals surface area contributed by atoms with Gasteiger partial charge in [0.2, 0.25) is 5.43 Å². The quantitative estimate of drug-likeness (QED) is 0.720. The number of nitrogens with one attached hydrogen (secondary N) is 1. The van der Waals surface area contributed by atoms with Crippen molar-refractivity contribution in [3.63, 3.8) is 0 Å². The van der Waals surface area contributed by atoms with Gasteiger partial charge in [-0.25, -0.2) is 17.6 Å². The minimum Gasteiger partial charge on any atom is -0.503 e. The van der Waals surface area contributed by atoms with Crippen molar-refractivity contribution in [3.05, 3.63) is 74.7 Å². The second-order valence-electron chi connectivity index (χ2n) is 7.23. The van der Waals surface area contributed by atoms with E-state index >= 15 is 0 Å². The average molecular weight is 437 g/mol. The van der Waals surface area contributed by atoms with Gasteiger partial charge in [0, 0.05) is 49.9 Å². The molecule has 2 aliphatic rings. The summed E-state index contributed by atoms with van der Waals surface area (Å²) in [6.45, 7) is -0.622. The third-order valence-corrected chi connectivity index (χ3v) is 5.26. The number of allylic oxidation sites excluding steroid dienone is 1. The van der Waals surface area contributed by atoms with Crippen LogP contribution in [0.4, 0.5) is 17.6 Å². The lowest BCUT2D eigenvalue weighted by atomic mass is 10.1. The van der Waals surface area contributed by atoms with Gasteiger partial charge in [-0.3, -0.25) is 14.4 Å². The van der Waals surface area contributed by atoms with E-state index in [1.165, 1.54) is 15.5 Å². The maximum absolute atomic E-state index is 14.0. The summed E-state index contributed by atoms with van der Waals surface area (Å²) in [5, 5.41) is 12.5. The first kappa shape index (κ1) is 20.6. The molecule has 2 N–H and O–H groups in total. The van der Waals surface area contributed by atoms with Gasteiger partial charge in [-0.05, 0) is 6.08 Å². The molecule has 2 aromatic rings. The van der Waals surface area contributed by atoms with Crippen LogP contribution < -0.4 is 10.7 Å². The summed E-state index contributed by atoms with van der Waals surface area (Å²) in [4.78, 5) is 38.9. The first-order valence-electron chi connectivity index (χ1n) is 9.21. The van der Waals surface area contributed by atoms with Crippen LogP contribution in [0.25, 0.3) is 0 Å². The summed E-state index contributed by atoms with van der Waals surface area (Å²) >= 11 is 0. The smallest absolute Gasteiger partial charge is 0.274 e. The molecule has 2 amide bonds. The Morgan fingerprint density at radius 3 is 2.52 bits per heavy atom. The number of amides is 2. The van der Waals surface area contributed by atoms with Crippen molar-refractivity contribution in [1.82, 2.24) is 14.8 Å². The number of nitrogens with zero attached hydrogens (tertiary/aromatic N) is 2. The van der Waals surface area contributed by atoms with E-state index in [4.69, 9.17) is 0 Å². The molecule has 2 aliphatic heterocycles. The first-order chi connectivity index (χ1) is 14.7. The number of aromatic hydroxyl groups is 1. The lowest BCUT2D eigenvalue weighted by molar-refractivity contribution is 0.0687. The van der Waals surface area contributed by atoms with E-state index in [-0.39, 0.29) is 25.2 Å². The molecule has 3 heterocycles. The Balaban J connectivity index is 1.68. The lowest BCUT2D eigenvalue weighted by Gasteiger charge is -2.34. The normalized spacial score (nSPS) is 17.7. The van der Waals surface area contributed by atoms with Crippen LogP contribution in [0.15, 0.2) is 35.0 Å². The Morgan fingerprint density at radius 2 is 1.84 bits per heavy atom. The van der Waals surface area contributed by atoms with Crippen molar-refractivity contribution in [1.29, 1.82) is 0 Å². The van der Waals surface area contributed by atoms with Gasteiger partial charge in [-0.2, -0.15) is 0 Å². The number of pyridine rings is 1. The summed E-state index contributed by atoms with van der Waals surface area (Å²) in [5.74, 6) is -6.83. The highest BCUT2D eigenvalue weighted by atomic mass is 19.1. The number of rotatable bonds is 3. The van der Waals surface area contributed by atoms with Crippen LogP contribution >= 0.6 is 0 Å². The molecular weight excluding hydrogens is 422 g/mol. The summed E-state index contributed by atoms with van der Waals surface area (Å²) in [5.41, 5.74) is -2.75. The Bertz CT molecular complexity index is 1180. The van der Waals surface area contributed by atoms with Gasteiger partial charge in [0.05, 0.1) is 11.9 Å². The molecule has 7 nitrogen and oxygen atoms in total. The second kappa shape index (κ2) is 7.56. The number of benzene rings is 1.